The largest absolute Gasteiger partial charge is 0.434 e. The summed E-state index contributed by atoms with van der Waals surface area (Å²) in [4.78, 5) is 45.1. The van der Waals surface area contributed by atoms with Crippen molar-refractivity contribution in [3.63, 3.8) is 0 Å². The lowest BCUT2D eigenvalue weighted by molar-refractivity contribution is -0.133. The van der Waals surface area contributed by atoms with Crippen LogP contribution < -0.4 is 10.6 Å². The minimum atomic E-state index is -0.838. The Bertz CT molecular complexity index is 1240. The van der Waals surface area contributed by atoms with Gasteiger partial charge >= 0.3 is 0 Å². The Balaban J connectivity index is 1.34. The van der Waals surface area contributed by atoms with Crippen LogP contribution in [-0.2, 0) is 20.7 Å². The topological polar surface area (TPSA) is 111 Å². The van der Waals surface area contributed by atoms with Gasteiger partial charge in [-0.15, -0.1) is 0 Å². The Morgan fingerprint density at radius 3 is 2.33 bits per heavy atom. The Kier molecular flexibility index (Phi) is 9.60. The fourth-order valence-corrected chi connectivity index (χ4v) is 5.86. The van der Waals surface area contributed by atoms with Gasteiger partial charge in [-0.3, -0.25) is 14.4 Å². The molecule has 2 heterocycles. The molecular formula is C32H39N3O5. The Labute approximate surface area is 235 Å². The number of nitrogens with one attached hydrogen (secondary N) is 2. The zero-order valence-electron chi connectivity index (χ0n) is 23.0. The molecule has 1 aliphatic carbocycles. The molecule has 0 spiro atoms. The number of ether oxygens (including phenoxy) is 1. The van der Waals surface area contributed by atoms with Gasteiger partial charge in [0.1, 0.15) is 11.6 Å². The number of hydrogen-bond donors (Lipinski definition) is 2. The molecule has 0 radical (unpaired) electrons. The molecule has 8 nitrogen and oxygen atoms in total. The summed E-state index contributed by atoms with van der Waals surface area (Å²) in [6, 6.07) is 15.5. The second-order valence-electron chi connectivity index (χ2n) is 11.1. The van der Waals surface area contributed by atoms with Crippen LogP contribution in [0.3, 0.4) is 0 Å². The van der Waals surface area contributed by atoms with E-state index in [0.29, 0.717) is 62.3 Å². The number of oxazole rings is 1. The number of Topliss-reactive ketones (excluding diaryl/α,β-unsaturated/α-hetero) is 1. The number of ketones is 1. The Morgan fingerprint density at radius 2 is 1.57 bits per heavy atom. The molecule has 1 aromatic heterocycles. The van der Waals surface area contributed by atoms with Gasteiger partial charge < -0.3 is 19.8 Å². The van der Waals surface area contributed by atoms with Crippen LogP contribution in [0.25, 0.3) is 11.1 Å². The number of rotatable bonds is 11. The van der Waals surface area contributed by atoms with Crippen molar-refractivity contribution in [2.45, 2.75) is 76.3 Å². The maximum atomic E-state index is 13.8. The first-order valence-electron chi connectivity index (χ1n) is 14.7. The third-order valence-electron chi connectivity index (χ3n) is 8.22. The van der Waals surface area contributed by atoms with Gasteiger partial charge in [-0.2, -0.15) is 0 Å². The molecule has 0 unspecified atom stereocenters. The van der Waals surface area contributed by atoms with Crippen molar-refractivity contribution in [3.05, 3.63) is 66.1 Å². The summed E-state index contributed by atoms with van der Waals surface area (Å²) in [6.45, 7) is 1.11. The quantitative estimate of drug-likeness (QED) is 0.328. The highest BCUT2D eigenvalue weighted by molar-refractivity contribution is 6.01. The minimum absolute atomic E-state index is 0.0189. The van der Waals surface area contributed by atoms with E-state index in [1.165, 1.54) is 6.42 Å². The van der Waals surface area contributed by atoms with E-state index in [1.807, 2.05) is 42.5 Å². The van der Waals surface area contributed by atoms with Crippen molar-refractivity contribution in [1.82, 2.24) is 15.6 Å². The normalized spacial score (nSPS) is 18.2. The van der Waals surface area contributed by atoms with Crippen LogP contribution in [0.4, 0.5) is 0 Å². The van der Waals surface area contributed by atoms with Crippen LogP contribution in [0.1, 0.15) is 74.0 Å². The highest BCUT2D eigenvalue weighted by Crippen LogP contribution is 2.28. The second-order valence-corrected chi connectivity index (χ2v) is 11.1. The summed E-state index contributed by atoms with van der Waals surface area (Å²) < 4.78 is 11.2. The first-order valence-corrected chi connectivity index (χ1v) is 14.7. The lowest BCUT2D eigenvalue weighted by atomic mass is 9.84. The molecule has 212 valence electrons. The minimum Gasteiger partial charge on any atom is -0.434 e. The number of carbonyl (C=O) groups excluding carboxylic acids is 3. The number of benzene rings is 2. The van der Waals surface area contributed by atoms with Crippen LogP contribution in [-0.4, -0.2) is 47.9 Å². The van der Waals surface area contributed by atoms with E-state index in [1.54, 1.807) is 12.1 Å². The number of fused-ring (bicyclic) bond motifs is 1. The third kappa shape index (κ3) is 7.36. The van der Waals surface area contributed by atoms with E-state index in [-0.39, 0.29) is 29.4 Å². The van der Waals surface area contributed by atoms with E-state index < -0.39 is 12.1 Å². The van der Waals surface area contributed by atoms with Crippen molar-refractivity contribution >= 4 is 28.7 Å². The average Bonchev–Trinajstić information content (AvgIpc) is 3.44. The summed E-state index contributed by atoms with van der Waals surface area (Å²) in [5, 5.41) is 6.06. The number of aryl methyl sites for hydroxylation is 1. The number of amides is 2. The molecule has 2 fully saturated rings. The van der Waals surface area contributed by atoms with Crippen molar-refractivity contribution in [3.8, 4) is 0 Å². The lowest BCUT2D eigenvalue weighted by Crippen LogP contribution is -2.53. The van der Waals surface area contributed by atoms with Gasteiger partial charge in [0.25, 0.3) is 5.89 Å². The van der Waals surface area contributed by atoms with Gasteiger partial charge in [-0.1, -0.05) is 74.6 Å². The smallest absolute Gasteiger partial charge is 0.266 e. The van der Waals surface area contributed by atoms with Gasteiger partial charge in [-0.05, 0) is 55.7 Å². The molecule has 2 atom stereocenters. The summed E-state index contributed by atoms with van der Waals surface area (Å²) >= 11 is 0. The van der Waals surface area contributed by atoms with Gasteiger partial charge in [0, 0.05) is 19.1 Å². The molecule has 3 aromatic rings. The van der Waals surface area contributed by atoms with Crippen molar-refractivity contribution in [2.75, 3.05) is 13.2 Å². The second kappa shape index (κ2) is 13.7. The van der Waals surface area contributed by atoms with E-state index in [0.717, 1.165) is 31.2 Å². The van der Waals surface area contributed by atoms with Crippen molar-refractivity contribution < 1.29 is 23.5 Å². The molecule has 2 amide bonds. The van der Waals surface area contributed by atoms with E-state index in [9.17, 15) is 14.4 Å². The molecule has 2 N–H and O–H groups in total. The lowest BCUT2D eigenvalue weighted by Gasteiger charge is -2.29. The van der Waals surface area contributed by atoms with E-state index >= 15 is 0 Å². The van der Waals surface area contributed by atoms with E-state index in [4.69, 9.17) is 9.15 Å². The Hall–Kier alpha value is -3.52. The summed E-state index contributed by atoms with van der Waals surface area (Å²) in [5.41, 5.74) is 2.19. The molecule has 0 bridgehead atoms. The van der Waals surface area contributed by atoms with Crippen LogP contribution in [0, 0.1) is 11.8 Å². The summed E-state index contributed by atoms with van der Waals surface area (Å²) in [6.07, 6.45) is 8.46. The van der Waals surface area contributed by atoms with Crippen LogP contribution in [0.2, 0.25) is 0 Å². The zero-order valence-corrected chi connectivity index (χ0v) is 23.0. The molecule has 1 saturated carbocycles. The number of para-hydroxylation sites is 2. The molecule has 1 aliphatic heterocycles. The van der Waals surface area contributed by atoms with Gasteiger partial charge in [-0.25, -0.2) is 4.98 Å². The highest BCUT2D eigenvalue weighted by atomic mass is 16.5. The predicted molar refractivity (Wildman–Crippen MR) is 152 cm³/mol. The summed E-state index contributed by atoms with van der Waals surface area (Å²) in [5.74, 6) is -0.609. The number of aromatic nitrogens is 1. The Morgan fingerprint density at radius 1 is 0.850 bits per heavy atom. The molecule has 2 aliphatic rings. The molecule has 1 saturated heterocycles. The van der Waals surface area contributed by atoms with E-state index in [2.05, 4.69) is 15.6 Å². The van der Waals surface area contributed by atoms with Crippen molar-refractivity contribution in [1.29, 1.82) is 0 Å². The van der Waals surface area contributed by atoms with Crippen LogP contribution in [0.5, 0.6) is 0 Å². The van der Waals surface area contributed by atoms with Gasteiger partial charge in [0.2, 0.25) is 17.6 Å². The number of carbonyl (C=O) groups is 3. The molecule has 8 heteroatoms. The third-order valence-corrected chi connectivity index (χ3v) is 8.22. The summed E-state index contributed by atoms with van der Waals surface area (Å²) in [7, 11) is 0. The first-order chi connectivity index (χ1) is 19.6. The molecule has 2 aromatic carbocycles. The molecule has 5 rings (SSSR count). The van der Waals surface area contributed by atoms with Crippen molar-refractivity contribution in [2.24, 2.45) is 11.8 Å². The molecular weight excluding hydrogens is 506 g/mol. The predicted octanol–water partition coefficient (Wildman–Crippen LogP) is 5.01. The zero-order chi connectivity index (χ0) is 27.7. The van der Waals surface area contributed by atoms with Crippen LogP contribution in [0.15, 0.2) is 59.0 Å². The van der Waals surface area contributed by atoms with Gasteiger partial charge in [0.15, 0.2) is 5.58 Å². The highest BCUT2D eigenvalue weighted by Gasteiger charge is 2.33. The maximum Gasteiger partial charge on any atom is 0.266 e. The standard InChI is InChI=1S/C32H39N3O5/c36-29(32-35-25-13-7-8-14-28(25)40-32)26(16-15-22-9-3-1-4-10-22)33-31(38)27(21-23-11-5-2-6-12-23)34-30(37)24-17-19-39-20-18-24/h1,3-4,7-10,13-14,23-24,26-27H,2,5-6,11-12,15-21H2,(H,33,38)(H,34,37)/t26-,27-/m0/s1. The SMILES string of the molecule is O=C(N[C@@H](CC1CCCCC1)C(=O)N[C@@H](CCc1ccccc1)C(=O)c1nc2ccccc2o1)C1CCOCC1. The first kappa shape index (κ1) is 28.0. The van der Waals surface area contributed by atoms with Crippen LogP contribution >= 0.6 is 0 Å². The monoisotopic (exact) mass is 545 g/mol. The average molecular weight is 546 g/mol. The number of hydrogen-bond acceptors (Lipinski definition) is 6. The fourth-order valence-electron chi connectivity index (χ4n) is 5.86. The molecule has 40 heavy (non-hydrogen) atoms. The fraction of sp³-hybridized carbons (Fsp3) is 0.500. The maximum absolute atomic E-state index is 13.8. The van der Waals surface area contributed by atoms with Gasteiger partial charge in [0.05, 0.1) is 6.04 Å². The number of nitrogens with zero attached hydrogens (tertiary/aromatic N) is 1.